The van der Waals surface area contributed by atoms with E-state index < -0.39 is 0 Å². The van der Waals surface area contributed by atoms with Crippen molar-refractivity contribution in [2.45, 2.75) is 18.4 Å². The van der Waals surface area contributed by atoms with Crippen molar-refractivity contribution in [2.24, 2.45) is 0 Å². The second kappa shape index (κ2) is 5.80. The number of hydrogen-bond donors (Lipinski definition) is 2. The molecule has 5 nitrogen and oxygen atoms in total. The van der Waals surface area contributed by atoms with Crippen molar-refractivity contribution in [3.63, 3.8) is 0 Å². The number of nitrogens with one attached hydrogen (secondary N) is 2. The van der Waals surface area contributed by atoms with E-state index in [0.717, 1.165) is 25.9 Å². The van der Waals surface area contributed by atoms with Gasteiger partial charge in [-0.2, -0.15) is 5.26 Å². The zero-order valence-corrected chi connectivity index (χ0v) is 10.6. The second-order valence-corrected chi connectivity index (χ2v) is 4.50. The summed E-state index contributed by atoms with van der Waals surface area (Å²) < 4.78 is 5.66. The van der Waals surface area contributed by atoms with Crippen LogP contribution in [-0.2, 0) is 4.74 Å². The fourth-order valence-corrected chi connectivity index (χ4v) is 2.22. The van der Waals surface area contributed by atoms with Crippen LogP contribution >= 0.6 is 0 Å². The first-order valence-corrected chi connectivity index (χ1v) is 6.14. The second-order valence-electron chi connectivity index (χ2n) is 4.50. The number of ether oxygens (including phenoxy) is 1. The van der Waals surface area contributed by atoms with Crippen LogP contribution in [0.25, 0.3) is 0 Å². The van der Waals surface area contributed by atoms with E-state index in [1.807, 2.05) is 0 Å². The maximum absolute atomic E-state index is 9.01. The van der Waals surface area contributed by atoms with Crippen LogP contribution in [0.3, 0.4) is 0 Å². The topological polar surface area (TPSA) is 70.0 Å². The van der Waals surface area contributed by atoms with E-state index in [2.05, 4.69) is 21.7 Å². The normalized spacial score (nSPS) is 18.0. The van der Waals surface area contributed by atoms with Gasteiger partial charge < -0.3 is 15.4 Å². The smallest absolute Gasteiger partial charge is 0.143 e. The summed E-state index contributed by atoms with van der Waals surface area (Å²) in [5.41, 5.74) is 0.410. The minimum atomic E-state index is -0.157. The molecule has 0 unspecified atom stereocenters. The molecule has 1 aromatic rings. The van der Waals surface area contributed by atoms with Crippen LogP contribution in [0.15, 0.2) is 18.3 Å². The van der Waals surface area contributed by atoms with E-state index in [0.29, 0.717) is 17.9 Å². The highest BCUT2D eigenvalue weighted by atomic mass is 16.5. The van der Waals surface area contributed by atoms with E-state index in [1.54, 1.807) is 25.4 Å². The number of piperidine rings is 1. The van der Waals surface area contributed by atoms with Crippen molar-refractivity contribution in [1.82, 2.24) is 10.3 Å². The zero-order valence-electron chi connectivity index (χ0n) is 10.6. The summed E-state index contributed by atoms with van der Waals surface area (Å²) in [6, 6.07) is 5.66. The number of aromatic nitrogens is 1. The maximum atomic E-state index is 9.01. The Morgan fingerprint density at radius 1 is 1.56 bits per heavy atom. The number of pyridine rings is 1. The van der Waals surface area contributed by atoms with Crippen LogP contribution in [0.5, 0.6) is 0 Å². The summed E-state index contributed by atoms with van der Waals surface area (Å²) in [5.74, 6) is 0.634. The highest BCUT2D eigenvalue weighted by Gasteiger charge is 2.31. The molecule has 1 aliphatic heterocycles. The van der Waals surface area contributed by atoms with Gasteiger partial charge in [0.25, 0.3) is 0 Å². The third-order valence-corrected chi connectivity index (χ3v) is 3.45. The van der Waals surface area contributed by atoms with Crippen LogP contribution in [0, 0.1) is 11.3 Å². The molecule has 0 atom stereocenters. The molecule has 2 rings (SSSR count). The summed E-state index contributed by atoms with van der Waals surface area (Å²) >= 11 is 0. The van der Waals surface area contributed by atoms with E-state index in [1.165, 1.54) is 0 Å². The Hall–Kier alpha value is -1.64. The number of nitriles is 1. The van der Waals surface area contributed by atoms with Crippen LogP contribution in [0.1, 0.15) is 18.4 Å². The Morgan fingerprint density at radius 2 is 2.33 bits per heavy atom. The third-order valence-electron chi connectivity index (χ3n) is 3.45. The third kappa shape index (κ3) is 2.78. The minimum absolute atomic E-state index is 0.157. The van der Waals surface area contributed by atoms with Crippen LogP contribution < -0.4 is 10.6 Å². The van der Waals surface area contributed by atoms with Crippen LogP contribution in [0.2, 0.25) is 0 Å². The number of methoxy groups -OCH3 is 1. The van der Waals surface area contributed by atoms with Gasteiger partial charge in [0.05, 0.1) is 11.2 Å². The maximum Gasteiger partial charge on any atom is 0.143 e. The van der Waals surface area contributed by atoms with E-state index in [-0.39, 0.29) is 5.60 Å². The predicted octanol–water partition coefficient (Wildman–Crippen LogP) is 1.13. The molecule has 1 fully saturated rings. The molecule has 2 heterocycles. The van der Waals surface area contributed by atoms with Gasteiger partial charge in [-0.15, -0.1) is 0 Å². The van der Waals surface area contributed by atoms with Crippen LogP contribution in [-0.4, -0.2) is 37.3 Å². The Kier molecular flexibility index (Phi) is 4.13. The quantitative estimate of drug-likeness (QED) is 0.833. The van der Waals surface area contributed by atoms with Gasteiger partial charge in [0.1, 0.15) is 11.9 Å². The van der Waals surface area contributed by atoms with Crippen molar-refractivity contribution in [1.29, 1.82) is 5.26 Å². The zero-order chi connectivity index (χ0) is 12.8. The van der Waals surface area contributed by atoms with Crippen molar-refractivity contribution >= 4 is 5.82 Å². The highest BCUT2D eigenvalue weighted by molar-refractivity contribution is 5.51. The molecule has 0 aliphatic carbocycles. The molecule has 5 heteroatoms. The number of nitrogens with zero attached hydrogens (tertiary/aromatic N) is 2. The Labute approximate surface area is 107 Å². The lowest BCUT2D eigenvalue weighted by molar-refractivity contribution is -0.0226. The number of hydrogen-bond acceptors (Lipinski definition) is 5. The SMILES string of the molecule is COC1(CNc2ncccc2C#N)CCNCC1. The Bertz CT molecular complexity index is 435. The standard InChI is InChI=1S/C13H18N4O/c1-18-13(4-7-15-8-5-13)10-17-12-11(9-14)3-2-6-16-12/h2-3,6,15H,4-5,7-8,10H2,1H3,(H,16,17). The van der Waals surface area contributed by atoms with Gasteiger partial charge in [0.2, 0.25) is 0 Å². The highest BCUT2D eigenvalue weighted by Crippen LogP contribution is 2.23. The summed E-state index contributed by atoms with van der Waals surface area (Å²) in [7, 11) is 1.75. The molecule has 1 saturated heterocycles. The first-order chi connectivity index (χ1) is 8.79. The van der Waals surface area contributed by atoms with Gasteiger partial charge in [-0.3, -0.25) is 0 Å². The molecule has 0 aromatic carbocycles. The lowest BCUT2D eigenvalue weighted by atomic mass is 9.92. The molecule has 96 valence electrons. The minimum Gasteiger partial charge on any atom is -0.376 e. The monoisotopic (exact) mass is 246 g/mol. The van der Waals surface area contributed by atoms with Crippen molar-refractivity contribution in [3.8, 4) is 6.07 Å². The molecule has 0 saturated carbocycles. The molecule has 0 spiro atoms. The van der Waals surface area contributed by atoms with Crippen molar-refractivity contribution in [3.05, 3.63) is 23.9 Å². The van der Waals surface area contributed by atoms with Gasteiger partial charge in [0.15, 0.2) is 0 Å². The molecular formula is C13H18N4O. The number of rotatable bonds is 4. The Morgan fingerprint density at radius 3 is 3.00 bits per heavy atom. The average Bonchev–Trinajstić information content (AvgIpc) is 2.46. The summed E-state index contributed by atoms with van der Waals surface area (Å²) in [6.45, 7) is 2.60. The molecule has 2 N–H and O–H groups in total. The fraction of sp³-hybridized carbons (Fsp3) is 0.538. The van der Waals surface area contributed by atoms with Gasteiger partial charge in [-0.05, 0) is 38.1 Å². The van der Waals surface area contributed by atoms with E-state index >= 15 is 0 Å². The first kappa shape index (κ1) is 12.8. The summed E-state index contributed by atoms with van der Waals surface area (Å²) in [4.78, 5) is 4.19. The lowest BCUT2D eigenvalue weighted by Crippen LogP contribution is -2.48. The summed E-state index contributed by atoms with van der Waals surface area (Å²) in [6.07, 6.45) is 3.61. The van der Waals surface area contributed by atoms with Crippen LogP contribution in [0.4, 0.5) is 5.82 Å². The molecule has 0 radical (unpaired) electrons. The molecule has 1 aromatic heterocycles. The van der Waals surface area contributed by atoms with Gasteiger partial charge in [-0.25, -0.2) is 4.98 Å². The first-order valence-electron chi connectivity index (χ1n) is 6.14. The fourth-order valence-electron chi connectivity index (χ4n) is 2.22. The van der Waals surface area contributed by atoms with E-state index in [9.17, 15) is 0 Å². The van der Waals surface area contributed by atoms with Gasteiger partial charge >= 0.3 is 0 Å². The molecule has 0 bridgehead atoms. The van der Waals surface area contributed by atoms with Crippen molar-refractivity contribution < 1.29 is 4.74 Å². The van der Waals surface area contributed by atoms with Gasteiger partial charge in [0, 0.05) is 19.9 Å². The van der Waals surface area contributed by atoms with E-state index in [4.69, 9.17) is 10.00 Å². The predicted molar refractivity (Wildman–Crippen MR) is 69.3 cm³/mol. The largest absolute Gasteiger partial charge is 0.376 e. The lowest BCUT2D eigenvalue weighted by Gasteiger charge is -2.36. The average molecular weight is 246 g/mol. The van der Waals surface area contributed by atoms with Gasteiger partial charge in [-0.1, -0.05) is 0 Å². The molecular weight excluding hydrogens is 228 g/mol. The molecule has 1 aliphatic rings. The Balaban J connectivity index is 2.03. The van der Waals surface area contributed by atoms with Crippen molar-refractivity contribution in [2.75, 3.05) is 32.1 Å². The number of anilines is 1. The molecule has 18 heavy (non-hydrogen) atoms. The summed E-state index contributed by atoms with van der Waals surface area (Å²) in [5, 5.41) is 15.6. The molecule has 0 amide bonds.